The van der Waals surface area contributed by atoms with Crippen LogP contribution >= 0.6 is 22.6 Å². The first kappa shape index (κ1) is 23.1. The molecule has 0 fully saturated rings. The Morgan fingerprint density at radius 3 is 2.18 bits per heavy atom. The minimum Gasteiger partial charge on any atom is -0.465 e. The molecule has 0 unspecified atom stereocenters. The third-order valence-electron chi connectivity index (χ3n) is 4.94. The highest BCUT2D eigenvalue weighted by Gasteiger charge is 2.26. The quantitative estimate of drug-likeness (QED) is 0.247. The van der Waals surface area contributed by atoms with Crippen molar-refractivity contribution in [1.29, 1.82) is 0 Å². The van der Waals surface area contributed by atoms with Crippen LogP contribution in [0.5, 0.6) is 0 Å². The molecule has 3 N–H and O–H groups in total. The van der Waals surface area contributed by atoms with Crippen LogP contribution in [0, 0.1) is 3.57 Å². The van der Waals surface area contributed by atoms with E-state index in [0.717, 1.165) is 3.57 Å². The van der Waals surface area contributed by atoms with Crippen molar-refractivity contribution in [3.8, 4) is 0 Å². The third kappa shape index (κ3) is 4.96. The number of rotatable bonds is 5. The number of nitrogens with one attached hydrogen (secondary N) is 3. The number of nitrogens with zero attached hydrogens (tertiary/aromatic N) is 1. The van der Waals surface area contributed by atoms with E-state index in [1.807, 2.05) is 6.07 Å². The first-order chi connectivity index (χ1) is 16.4. The van der Waals surface area contributed by atoms with Crippen LogP contribution in [0.3, 0.4) is 0 Å². The Kier molecular flexibility index (Phi) is 6.68. The van der Waals surface area contributed by atoms with Crippen LogP contribution in [0.1, 0.15) is 36.6 Å². The molecule has 0 saturated heterocycles. The second kappa shape index (κ2) is 9.83. The van der Waals surface area contributed by atoms with E-state index in [1.165, 1.54) is 43.5 Å². The van der Waals surface area contributed by atoms with E-state index in [4.69, 9.17) is 0 Å². The van der Waals surface area contributed by atoms with Gasteiger partial charge in [0.2, 0.25) is 0 Å². The molecule has 170 valence electrons. The number of hydrogen-bond donors (Lipinski definition) is 3. The van der Waals surface area contributed by atoms with E-state index in [1.54, 1.807) is 24.3 Å². The molecule has 0 aliphatic carbocycles. The lowest BCUT2D eigenvalue weighted by Crippen LogP contribution is -2.23. The van der Waals surface area contributed by atoms with Crippen LogP contribution in [-0.4, -0.2) is 36.5 Å². The molecular formula is C24H17IN4O5. The second-order valence-corrected chi connectivity index (χ2v) is 8.39. The van der Waals surface area contributed by atoms with Crippen molar-refractivity contribution in [3.63, 3.8) is 0 Å². The summed E-state index contributed by atoms with van der Waals surface area (Å²) >= 11 is 2.13. The highest BCUT2D eigenvalue weighted by Crippen LogP contribution is 2.25. The number of hydrazone groups is 1. The molecule has 0 bridgehead atoms. The number of benzene rings is 3. The van der Waals surface area contributed by atoms with Gasteiger partial charge in [-0.2, -0.15) is 5.10 Å². The Morgan fingerprint density at radius 1 is 0.882 bits per heavy atom. The SMILES string of the molecule is COC(=O)c1ccc(C(=O)Nc2ccc(C(=O)N/N=C3\C(=O)Nc4ccc(I)cc43)cc2)cc1. The van der Waals surface area contributed by atoms with Crippen molar-refractivity contribution in [2.45, 2.75) is 0 Å². The lowest BCUT2D eigenvalue weighted by Gasteiger charge is -2.07. The maximum absolute atomic E-state index is 12.5. The van der Waals surface area contributed by atoms with Gasteiger partial charge in [0, 0.05) is 25.9 Å². The molecule has 10 heteroatoms. The Morgan fingerprint density at radius 2 is 1.50 bits per heavy atom. The number of esters is 1. The van der Waals surface area contributed by atoms with Crippen LogP contribution in [0.25, 0.3) is 0 Å². The van der Waals surface area contributed by atoms with Gasteiger partial charge in [-0.15, -0.1) is 0 Å². The summed E-state index contributed by atoms with van der Waals surface area (Å²) in [7, 11) is 1.28. The van der Waals surface area contributed by atoms with Crippen molar-refractivity contribution < 1.29 is 23.9 Å². The number of methoxy groups -OCH3 is 1. The van der Waals surface area contributed by atoms with Crippen molar-refractivity contribution >= 4 is 63.4 Å². The fourth-order valence-corrected chi connectivity index (χ4v) is 3.68. The van der Waals surface area contributed by atoms with Crippen LogP contribution in [0.2, 0.25) is 0 Å². The Hall–Kier alpha value is -4.06. The van der Waals surface area contributed by atoms with Crippen LogP contribution < -0.4 is 16.1 Å². The van der Waals surface area contributed by atoms with Crippen molar-refractivity contribution in [2.24, 2.45) is 5.10 Å². The number of ether oxygens (including phenoxy) is 1. The van der Waals surface area contributed by atoms with E-state index in [-0.39, 0.29) is 11.6 Å². The summed E-state index contributed by atoms with van der Waals surface area (Å²) in [5.74, 6) is -1.76. The summed E-state index contributed by atoms with van der Waals surface area (Å²) in [5.41, 5.74) is 5.25. The molecule has 1 aliphatic rings. The van der Waals surface area contributed by atoms with E-state index in [0.29, 0.717) is 33.6 Å². The lowest BCUT2D eigenvalue weighted by atomic mass is 10.1. The molecule has 3 aromatic carbocycles. The minimum absolute atomic E-state index is 0.129. The molecule has 3 aromatic rings. The number of halogens is 1. The molecule has 9 nitrogen and oxygen atoms in total. The fraction of sp³-hybridized carbons (Fsp3) is 0.0417. The van der Waals surface area contributed by atoms with Gasteiger partial charge in [-0.1, -0.05) is 0 Å². The molecular weight excluding hydrogens is 551 g/mol. The van der Waals surface area contributed by atoms with E-state index in [2.05, 4.69) is 48.5 Å². The first-order valence-electron chi connectivity index (χ1n) is 9.95. The Bertz CT molecular complexity index is 1330. The zero-order valence-electron chi connectivity index (χ0n) is 17.7. The van der Waals surface area contributed by atoms with Gasteiger partial charge in [-0.25, -0.2) is 10.2 Å². The van der Waals surface area contributed by atoms with Crippen LogP contribution in [0.15, 0.2) is 71.8 Å². The average Bonchev–Trinajstić information content (AvgIpc) is 3.16. The summed E-state index contributed by atoms with van der Waals surface area (Å²) in [6, 6.07) is 17.7. The number of carbonyl (C=O) groups is 4. The molecule has 0 aromatic heterocycles. The van der Waals surface area contributed by atoms with Gasteiger partial charge in [-0.05, 0) is 89.3 Å². The van der Waals surface area contributed by atoms with Crippen LogP contribution in [0.4, 0.5) is 11.4 Å². The second-order valence-electron chi connectivity index (χ2n) is 7.15. The average molecular weight is 568 g/mol. The molecule has 3 amide bonds. The van der Waals surface area contributed by atoms with E-state index >= 15 is 0 Å². The smallest absolute Gasteiger partial charge is 0.337 e. The standard InChI is InChI=1S/C24H17IN4O5/c1-34-24(33)15-4-2-13(3-5-15)21(30)26-17-9-6-14(7-10-17)22(31)29-28-20-18-12-16(25)8-11-19(18)27-23(20)32/h2-12H,1H3,(H,26,30)(H,29,31)(H,27,28,32). The minimum atomic E-state index is -0.504. The molecule has 1 heterocycles. The first-order valence-corrected chi connectivity index (χ1v) is 11.0. The molecule has 1 aliphatic heterocycles. The van der Waals surface area contributed by atoms with Gasteiger partial charge in [0.15, 0.2) is 5.71 Å². The Balaban J connectivity index is 1.40. The predicted molar refractivity (Wildman–Crippen MR) is 134 cm³/mol. The molecule has 4 rings (SSSR count). The summed E-state index contributed by atoms with van der Waals surface area (Å²) in [4.78, 5) is 48.6. The topological polar surface area (TPSA) is 126 Å². The number of amides is 3. The summed E-state index contributed by atoms with van der Waals surface area (Å²) in [6.07, 6.45) is 0. The zero-order valence-corrected chi connectivity index (χ0v) is 19.9. The van der Waals surface area contributed by atoms with E-state index < -0.39 is 17.8 Å². The van der Waals surface area contributed by atoms with Gasteiger partial charge in [0.05, 0.1) is 18.4 Å². The van der Waals surface area contributed by atoms with Gasteiger partial charge in [0.1, 0.15) is 0 Å². The largest absolute Gasteiger partial charge is 0.465 e. The molecule has 0 saturated carbocycles. The molecule has 0 radical (unpaired) electrons. The van der Waals surface area contributed by atoms with Gasteiger partial charge in [-0.3, -0.25) is 14.4 Å². The fourth-order valence-electron chi connectivity index (χ4n) is 3.19. The maximum Gasteiger partial charge on any atom is 0.337 e. The van der Waals surface area contributed by atoms with Gasteiger partial charge >= 0.3 is 5.97 Å². The normalized spacial score (nSPS) is 13.1. The third-order valence-corrected chi connectivity index (χ3v) is 5.61. The van der Waals surface area contributed by atoms with Crippen molar-refractivity contribution in [1.82, 2.24) is 5.43 Å². The zero-order chi connectivity index (χ0) is 24.2. The van der Waals surface area contributed by atoms with Crippen LogP contribution in [-0.2, 0) is 9.53 Å². The number of fused-ring (bicyclic) bond motifs is 1. The van der Waals surface area contributed by atoms with Crippen molar-refractivity contribution in [3.05, 3.63) is 92.6 Å². The summed E-state index contributed by atoms with van der Waals surface area (Å²) in [6.45, 7) is 0. The summed E-state index contributed by atoms with van der Waals surface area (Å²) < 4.78 is 5.57. The van der Waals surface area contributed by atoms with Gasteiger partial charge < -0.3 is 15.4 Å². The van der Waals surface area contributed by atoms with E-state index in [9.17, 15) is 19.2 Å². The summed E-state index contributed by atoms with van der Waals surface area (Å²) in [5, 5.41) is 9.42. The molecule has 0 spiro atoms. The lowest BCUT2D eigenvalue weighted by molar-refractivity contribution is -0.110. The monoisotopic (exact) mass is 568 g/mol. The number of anilines is 2. The van der Waals surface area contributed by atoms with Gasteiger partial charge in [0.25, 0.3) is 17.7 Å². The number of carbonyl (C=O) groups excluding carboxylic acids is 4. The number of hydrogen-bond acceptors (Lipinski definition) is 6. The molecule has 0 atom stereocenters. The highest BCUT2D eigenvalue weighted by molar-refractivity contribution is 14.1. The van der Waals surface area contributed by atoms with Crippen molar-refractivity contribution in [2.75, 3.05) is 17.7 Å². The Labute approximate surface area is 207 Å². The molecule has 34 heavy (non-hydrogen) atoms. The predicted octanol–water partition coefficient (Wildman–Crippen LogP) is 3.42. The highest BCUT2D eigenvalue weighted by atomic mass is 127. The maximum atomic E-state index is 12.5.